The second kappa shape index (κ2) is 7.12. The number of rotatable bonds is 3. The first kappa shape index (κ1) is 18.8. The van der Waals surface area contributed by atoms with Gasteiger partial charge in [0.1, 0.15) is 11.4 Å². The van der Waals surface area contributed by atoms with Crippen molar-refractivity contribution in [3.05, 3.63) is 35.2 Å². The Kier molecular flexibility index (Phi) is 4.78. The lowest BCUT2D eigenvalue weighted by Crippen LogP contribution is -2.45. The number of anilines is 1. The van der Waals surface area contributed by atoms with E-state index in [0.29, 0.717) is 23.6 Å². The van der Waals surface area contributed by atoms with Gasteiger partial charge in [0.15, 0.2) is 10.7 Å². The Morgan fingerprint density at radius 1 is 1.21 bits per heavy atom. The number of aromatic nitrogens is 1. The molecule has 1 aromatic carbocycles. The summed E-state index contributed by atoms with van der Waals surface area (Å²) in [4.78, 5) is 15.0. The number of nitrogens with zero attached hydrogens (tertiary/aromatic N) is 2. The number of nitrogens with one attached hydrogen (secondary N) is 1. The zero-order valence-electron chi connectivity index (χ0n) is 15.9. The van der Waals surface area contributed by atoms with Gasteiger partial charge < -0.3 is 14.2 Å². The van der Waals surface area contributed by atoms with Gasteiger partial charge in [-0.25, -0.2) is 8.42 Å². The van der Waals surface area contributed by atoms with Gasteiger partial charge in [0.2, 0.25) is 0 Å². The molecule has 8 nitrogen and oxygen atoms in total. The summed E-state index contributed by atoms with van der Waals surface area (Å²) < 4.78 is 38.8. The highest BCUT2D eigenvalue weighted by Gasteiger charge is 2.32. The molecule has 2 aliphatic rings. The lowest BCUT2D eigenvalue weighted by Gasteiger charge is -2.37. The largest absolute Gasteiger partial charge is 0.493 e. The molecule has 2 aromatic rings. The Labute approximate surface area is 163 Å². The second-order valence-electron chi connectivity index (χ2n) is 7.26. The predicted octanol–water partition coefficient (Wildman–Crippen LogP) is 2.87. The highest BCUT2D eigenvalue weighted by Crippen LogP contribution is 2.32. The molecule has 0 bridgehead atoms. The Bertz CT molecular complexity index is 995. The molecule has 9 heteroatoms. The molecule has 1 fully saturated rings. The average molecular weight is 405 g/mol. The van der Waals surface area contributed by atoms with E-state index in [1.807, 2.05) is 4.90 Å². The molecule has 0 saturated carbocycles. The van der Waals surface area contributed by atoms with Gasteiger partial charge in [-0.05, 0) is 51.3 Å². The van der Waals surface area contributed by atoms with Crippen molar-refractivity contribution in [2.45, 2.75) is 50.5 Å². The van der Waals surface area contributed by atoms with Gasteiger partial charge in [0.05, 0.1) is 12.2 Å². The van der Waals surface area contributed by atoms with E-state index < -0.39 is 10.0 Å². The van der Waals surface area contributed by atoms with Crippen LogP contribution in [0, 0.1) is 13.8 Å². The summed E-state index contributed by atoms with van der Waals surface area (Å²) in [7, 11) is -3.89. The molecular formula is C19H23N3O5S. The number of hydrogen-bond acceptors (Lipinski definition) is 6. The zero-order chi connectivity index (χ0) is 19.9. The van der Waals surface area contributed by atoms with Crippen LogP contribution in [0.4, 0.5) is 5.69 Å². The molecule has 4 rings (SSSR count). The van der Waals surface area contributed by atoms with Crippen LogP contribution in [0.3, 0.4) is 0 Å². The number of piperidine rings is 1. The smallest absolute Gasteiger partial charge is 0.267 e. The fourth-order valence-corrected chi connectivity index (χ4v) is 5.36. The van der Waals surface area contributed by atoms with Crippen molar-refractivity contribution in [2.24, 2.45) is 0 Å². The number of amides is 1. The van der Waals surface area contributed by atoms with Crippen molar-refractivity contribution in [3.63, 3.8) is 0 Å². The summed E-state index contributed by atoms with van der Waals surface area (Å²) >= 11 is 0. The topological polar surface area (TPSA) is 102 Å². The molecule has 0 unspecified atom stereocenters. The van der Waals surface area contributed by atoms with E-state index in [-0.39, 0.29) is 28.3 Å². The molecule has 0 spiro atoms. The third-order valence-corrected chi connectivity index (χ3v) is 6.92. The minimum atomic E-state index is -3.89. The highest BCUT2D eigenvalue weighted by atomic mass is 32.2. The maximum absolute atomic E-state index is 13.1. The Morgan fingerprint density at radius 2 is 2.04 bits per heavy atom. The van der Waals surface area contributed by atoms with Crippen LogP contribution in [-0.4, -0.2) is 43.6 Å². The first-order chi connectivity index (χ1) is 13.4. The normalized spacial score (nSPS) is 19.9. The van der Waals surface area contributed by atoms with Crippen molar-refractivity contribution in [1.29, 1.82) is 0 Å². The lowest BCUT2D eigenvalue weighted by molar-refractivity contribution is 0.0548. The average Bonchev–Trinajstić information content (AvgIpc) is 3.00. The number of aryl methyl sites for hydroxylation is 2. The number of carbonyl (C=O) groups excluding carboxylic acids is 1. The van der Waals surface area contributed by atoms with Crippen LogP contribution in [-0.2, 0) is 10.0 Å². The van der Waals surface area contributed by atoms with Crippen LogP contribution in [0.15, 0.2) is 27.6 Å². The van der Waals surface area contributed by atoms with Crippen molar-refractivity contribution >= 4 is 21.6 Å². The summed E-state index contributed by atoms with van der Waals surface area (Å²) in [6.07, 6.45) is 3.88. The van der Waals surface area contributed by atoms with Crippen LogP contribution in [0.1, 0.15) is 47.5 Å². The summed E-state index contributed by atoms with van der Waals surface area (Å²) in [5.74, 6) is 0.582. The molecule has 2 aliphatic heterocycles. The van der Waals surface area contributed by atoms with E-state index in [4.69, 9.17) is 9.26 Å². The van der Waals surface area contributed by atoms with Crippen molar-refractivity contribution in [3.8, 4) is 5.75 Å². The van der Waals surface area contributed by atoms with E-state index in [1.165, 1.54) is 0 Å². The monoisotopic (exact) mass is 405 g/mol. The zero-order valence-corrected chi connectivity index (χ0v) is 16.7. The SMILES string of the molecule is Cc1noc(C)c1S(=O)(=O)Nc1ccc2c(c1)C(=O)N1CCCC[C@H]1CCO2. The van der Waals surface area contributed by atoms with Crippen LogP contribution in [0.2, 0.25) is 0 Å². The van der Waals surface area contributed by atoms with Gasteiger partial charge in [0, 0.05) is 24.7 Å². The van der Waals surface area contributed by atoms with E-state index in [9.17, 15) is 13.2 Å². The van der Waals surface area contributed by atoms with Gasteiger partial charge in [0.25, 0.3) is 15.9 Å². The lowest BCUT2D eigenvalue weighted by atomic mass is 9.97. The number of carbonyl (C=O) groups is 1. The molecule has 150 valence electrons. The van der Waals surface area contributed by atoms with Crippen molar-refractivity contribution < 1.29 is 22.5 Å². The van der Waals surface area contributed by atoms with Gasteiger partial charge >= 0.3 is 0 Å². The van der Waals surface area contributed by atoms with Gasteiger partial charge in [-0.15, -0.1) is 0 Å². The minimum Gasteiger partial charge on any atom is -0.493 e. The number of benzene rings is 1. The predicted molar refractivity (Wildman–Crippen MR) is 102 cm³/mol. The number of sulfonamides is 1. The quantitative estimate of drug-likeness (QED) is 0.842. The van der Waals surface area contributed by atoms with Crippen LogP contribution in [0.25, 0.3) is 0 Å². The van der Waals surface area contributed by atoms with Gasteiger partial charge in [-0.2, -0.15) is 0 Å². The molecule has 28 heavy (non-hydrogen) atoms. The molecule has 1 N–H and O–H groups in total. The maximum atomic E-state index is 13.1. The summed E-state index contributed by atoms with van der Waals surface area (Å²) in [5.41, 5.74) is 0.960. The Balaban J connectivity index is 1.67. The summed E-state index contributed by atoms with van der Waals surface area (Å²) in [6.45, 7) is 4.37. The van der Waals surface area contributed by atoms with Crippen LogP contribution < -0.4 is 9.46 Å². The van der Waals surface area contributed by atoms with Crippen molar-refractivity contribution in [1.82, 2.24) is 10.1 Å². The second-order valence-corrected chi connectivity index (χ2v) is 8.87. The molecule has 0 aliphatic carbocycles. The minimum absolute atomic E-state index is 0.0120. The number of ether oxygens (including phenoxy) is 1. The summed E-state index contributed by atoms with van der Waals surface area (Å²) in [5, 5.41) is 3.70. The maximum Gasteiger partial charge on any atom is 0.267 e. The Morgan fingerprint density at radius 3 is 2.79 bits per heavy atom. The molecule has 3 heterocycles. The summed E-state index contributed by atoms with van der Waals surface area (Å²) in [6, 6.07) is 4.96. The number of hydrogen-bond donors (Lipinski definition) is 1. The van der Waals surface area contributed by atoms with Gasteiger partial charge in [-0.1, -0.05) is 5.16 Å². The van der Waals surface area contributed by atoms with Crippen LogP contribution in [0.5, 0.6) is 5.75 Å². The molecule has 1 aromatic heterocycles. The van der Waals surface area contributed by atoms with Crippen LogP contribution >= 0.6 is 0 Å². The standard InChI is InChI=1S/C19H23N3O5S/c1-12-18(13(2)27-20-12)28(24,25)21-14-6-7-17-16(11-14)19(23)22-9-4-3-5-15(22)8-10-26-17/h6-7,11,15,21H,3-5,8-10H2,1-2H3/t15-/m0/s1. The fourth-order valence-electron chi connectivity index (χ4n) is 3.98. The number of fused-ring (bicyclic) bond motifs is 2. The van der Waals surface area contributed by atoms with E-state index in [1.54, 1.807) is 32.0 Å². The molecule has 1 atom stereocenters. The van der Waals surface area contributed by atoms with E-state index in [0.717, 1.165) is 32.2 Å². The fraction of sp³-hybridized carbons (Fsp3) is 0.474. The first-order valence-corrected chi connectivity index (χ1v) is 10.9. The molecule has 1 saturated heterocycles. The third kappa shape index (κ3) is 3.34. The molecule has 0 radical (unpaired) electrons. The van der Waals surface area contributed by atoms with Gasteiger partial charge in [-0.3, -0.25) is 9.52 Å². The molecular weight excluding hydrogens is 382 g/mol. The van der Waals surface area contributed by atoms with Crippen molar-refractivity contribution in [2.75, 3.05) is 17.9 Å². The molecule has 1 amide bonds. The highest BCUT2D eigenvalue weighted by molar-refractivity contribution is 7.92. The van der Waals surface area contributed by atoms with E-state index in [2.05, 4.69) is 9.88 Å². The Hall–Kier alpha value is -2.55. The first-order valence-electron chi connectivity index (χ1n) is 9.40. The van der Waals surface area contributed by atoms with E-state index >= 15 is 0 Å². The third-order valence-electron chi connectivity index (χ3n) is 5.30.